The molecule has 0 bridgehead atoms. The van der Waals surface area contributed by atoms with Gasteiger partial charge in [0.1, 0.15) is 11.4 Å². The highest BCUT2D eigenvalue weighted by Gasteiger charge is 2.08. The first-order valence-corrected chi connectivity index (χ1v) is 9.79. The van der Waals surface area contributed by atoms with Crippen LogP contribution in [0.5, 0.6) is 5.75 Å². The van der Waals surface area contributed by atoms with Gasteiger partial charge in [0.05, 0.1) is 19.0 Å². The van der Waals surface area contributed by atoms with Crippen molar-refractivity contribution in [3.8, 4) is 5.75 Å². The molecule has 150 valence electrons. The van der Waals surface area contributed by atoms with Crippen molar-refractivity contribution in [2.45, 2.75) is 26.2 Å². The number of pyridine rings is 1. The Morgan fingerprint density at radius 3 is 2.24 bits per heavy atom. The fourth-order valence-electron chi connectivity index (χ4n) is 2.92. The molecule has 5 heteroatoms. The Morgan fingerprint density at radius 2 is 1.66 bits per heavy atom. The summed E-state index contributed by atoms with van der Waals surface area (Å²) in [6, 6.07) is 19.5. The standard InChI is InChI=1S/C24H27N3O2/c1-17(2)19-6-8-20(9-7-19)27-24(28)23-13-10-21(16-26-23)25-15-14-18-4-11-22(29-3)12-5-18/h4-13,16-17,25H,14-15H2,1-3H3,(H,27,28). The Kier molecular flexibility index (Phi) is 6.85. The lowest BCUT2D eigenvalue weighted by Crippen LogP contribution is -2.14. The molecule has 0 radical (unpaired) electrons. The van der Waals surface area contributed by atoms with Crippen molar-refractivity contribution in [3.63, 3.8) is 0 Å². The highest BCUT2D eigenvalue weighted by atomic mass is 16.5. The predicted molar refractivity (Wildman–Crippen MR) is 118 cm³/mol. The van der Waals surface area contributed by atoms with E-state index < -0.39 is 0 Å². The summed E-state index contributed by atoms with van der Waals surface area (Å²) in [5, 5.41) is 6.21. The Hall–Kier alpha value is -3.34. The highest BCUT2D eigenvalue weighted by Crippen LogP contribution is 2.18. The minimum absolute atomic E-state index is 0.216. The van der Waals surface area contributed by atoms with Crippen molar-refractivity contribution in [1.29, 1.82) is 0 Å². The van der Waals surface area contributed by atoms with Gasteiger partial charge >= 0.3 is 0 Å². The number of methoxy groups -OCH3 is 1. The number of rotatable bonds is 8. The summed E-state index contributed by atoms with van der Waals surface area (Å²) < 4.78 is 5.17. The first-order valence-electron chi connectivity index (χ1n) is 9.79. The Balaban J connectivity index is 1.50. The fourth-order valence-corrected chi connectivity index (χ4v) is 2.92. The summed E-state index contributed by atoms with van der Waals surface area (Å²) in [6.07, 6.45) is 2.57. The number of carbonyl (C=O) groups excluding carboxylic acids is 1. The van der Waals surface area contributed by atoms with E-state index in [1.54, 1.807) is 19.4 Å². The van der Waals surface area contributed by atoms with E-state index in [0.29, 0.717) is 11.6 Å². The van der Waals surface area contributed by atoms with Crippen LogP contribution in [-0.4, -0.2) is 24.5 Å². The summed E-state index contributed by atoms with van der Waals surface area (Å²) in [4.78, 5) is 16.7. The molecule has 1 amide bonds. The molecule has 3 rings (SSSR count). The van der Waals surface area contributed by atoms with Gasteiger partial charge in [-0.25, -0.2) is 4.98 Å². The molecule has 0 unspecified atom stereocenters. The molecule has 2 aromatic carbocycles. The number of nitrogens with one attached hydrogen (secondary N) is 2. The number of anilines is 2. The molecule has 0 atom stereocenters. The van der Waals surface area contributed by atoms with E-state index >= 15 is 0 Å². The second-order valence-corrected chi connectivity index (χ2v) is 7.19. The van der Waals surface area contributed by atoms with Crippen molar-refractivity contribution < 1.29 is 9.53 Å². The van der Waals surface area contributed by atoms with E-state index in [0.717, 1.165) is 30.1 Å². The lowest BCUT2D eigenvalue weighted by Gasteiger charge is -2.09. The van der Waals surface area contributed by atoms with Crippen LogP contribution in [0.25, 0.3) is 0 Å². The molecule has 0 saturated carbocycles. The van der Waals surface area contributed by atoms with Crippen LogP contribution in [0.2, 0.25) is 0 Å². The predicted octanol–water partition coefficient (Wildman–Crippen LogP) is 5.12. The van der Waals surface area contributed by atoms with Gasteiger partial charge in [-0.1, -0.05) is 38.1 Å². The van der Waals surface area contributed by atoms with Gasteiger partial charge < -0.3 is 15.4 Å². The van der Waals surface area contributed by atoms with Crippen LogP contribution in [0.3, 0.4) is 0 Å². The van der Waals surface area contributed by atoms with Gasteiger partial charge in [-0.15, -0.1) is 0 Å². The first kappa shape index (κ1) is 20.4. The van der Waals surface area contributed by atoms with E-state index in [9.17, 15) is 4.79 Å². The van der Waals surface area contributed by atoms with Crippen LogP contribution in [0, 0.1) is 0 Å². The van der Waals surface area contributed by atoms with Crippen LogP contribution >= 0.6 is 0 Å². The average molecular weight is 389 g/mol. The summed E-state index contributed by atoms with van der Waals surface area (Å²) in [7, 11) is 1.66. The quantitative estimate of drug-likeness (QED) is 0.561. The molecule has 5 nitrogen and oxygen atoms in total. The molecule has 29 heavy (non-hydrogen) atoms. The number of hydrogen-bond donors (Lipinski definition) is 2. The van der Waals surface area contributed by atoms with Crippen molar-refractivity contribution in [2.24, 2.45) is 0 Å². The van der Waals surface area contributed by atoms with Crippen LogP contribution in [0.1, 0.15) is 41.4 Å². The van der Waals surface area contributed by atoms with Crippen LogP contribution < -0.4 is 15.4 Å². The van der Waals surface area contributed by atoms with Gasteiger partial charge in [-0.05, 0) is 59.9 Å². The Bertz CT molecular complexity index is 918. The second-order valence-electron chi connectivity index (χ2n) is 7.19. The molecule has 2 N–H and O–H groups in total. The van der Waals surface area contributed by atoms with Gasteiger partial charge in [-0.3, -0.25) is 4.79 Å². The maximum atomic E-state index is 12.4. The third-order valence-electron chi connectivity index (χ3n) is 4.73. The molecular formula is C24H27N3O2. The average Bonchev–Trinajstić information content (AvgIpc) is 2.75. The first-order chi connectivity index (χ1) is 14.0. The molecule has 0 saturated heterocycles. The molecule has 1 aromatic heterocycles. The molecule has 3 aromatic rings. The van der Waals surface area contributed by atoms with Crippen molar-refractivity contribution in [3.05, 3.63) is 83.7 Å². The smallest absolute Gasteiger partial charge is 0.274 e. The minimum Gasteiger partial charge on any atom is -0.497 e. The van der Waals surface area contributed by atoms with Crippen LogP contribution in [-0.2, 0) is 6.42 Å². The molecule has 1 heterocycles. The molecule has 0 spiro atoms. The van der Waals surface area contributed by atoms with E-state index in [-0.39, 0.29) is 5.91 Å². The number of hydrogen-bond acceptors (Lipinski definition) is 4. The van der Waals surface area contributed by atoms with Gasteiger partial charge in [0.2, 0.25) is 0 Å². The number of aromatic nitrogens is 1. The van der Waals surface area contributed by atoms with Gasteiger partial charge in [0.15, 0.2) is 0 Å². The summed E-state index contributed by atoms with van der Waals surface area (Å²) in [6.45, 7) is 5.07. The van der Waals surface area contributed by atoms with E-state index in [2.05, 4.69) is 41.6 Å². The third kappa shape index (κ3) is 5.82. The van der Waals surface area contributed by atoms with Crippen LogP contribution in [0.15, 0.2) is 66.9 Å². The highest BCUT2D eigenvalue weighted by molar-refractivity contribution is 6.02. The number of ether oxygens (including phenoxy) is 1. The molecule has 0 fully saturated rings. The van der Waals surface area contributed by atoms with Crippen LogP contribution in [0.4, 0.5) is 11.4 Å². The largest absolute Gasteiger partial charge is 0.497 e. The fraction of sp³-hybridized carbons (Fsp3) is 0.250. The van der Waals surface area contributed by atoms with Gasteiger partial charge in [0.25, 0.3) is 5.91 Å². The second kappa shape index (κ2) is 9.73. The number of benzene rings is 2. The number of amides is 1. The number of nitrogens with zero attached hydrogens (tertiary/aromatic N) is 1. The number of carbonyl (C=O) groups is 1. The maximum absolute atomic E-state index is 12.4. The SMILES string of the molecule is COc1ccc(CCNc2ccc(C(=O)Nc3ccc(C(C)C)cc3)nc2)cc1. The maximum Gasteiger partial charge on any atom is 0.274 e. The van der Waals surface area contributed by atoms with Crippen molar-refractivity contribution in [2.75, 3.05) is 24.3 Å². The lowest BCUT2D eigenvalue weighted by molar-refractivity contribution is 0.102. The molecule has 0 aliphatic heterocycles. The van der Waals surface area contributed by atoms with Gasteiger partial charge in [0, 0.05) is 12.2 Å². The summed E-state index contributed by atoms with van der Waals surface area (Å²) in [5.41, 5.74) is 4.51. The van der Waals surface area contributed by atoms with E-state index in [4.69, 9.17) is 4.74 Å². The Morgan fingerprint density at radius 1 is 0.966 bits per heavy atom. The topological polar surface area (TPSA) is 63.2 Å². The summed E-state index contributed by atoms with van der Waals surface area (Å²) >= 11 is 0. The zero-order valence-corrected chi connectivity index (χ0v) is 17.1. The van der Waals surface area contributed by atoms with Crippen molar-refractivity contribution >= 4 is 17.3 Å². The summed E-state index contributed by atoms with van der Waals surface area (Å²) in [5.74, 6) is 1.11. The molecular weight excluding hydrogens is 362 g/mol. The van der Waals surface area contributed by atoms with E-state index in [1.807, 2.05) is 42.5 Å². The monoisotopic (exact) mass is 389 g/mol. The molecule has 0 aliphatic carbocycles. The van der Waals surface area contributed by atoms with Crippen molar-refractivity contribution in [1.82, 2.24) is 4.98 Å². The zero-order chi connectivity index (χ0) is 20.6. The normalized spacial score (nSPS) is 10.6. The lowest BCUT2D eigenvalue weighted by atomic mass is 10.0. The van der Waals surface area contributed by atoms with Gasteiger partial charge in [-0.2, -0.15) is 0 Å². The van der Waals surface area contributed by atoms with E-state index in [1.165, 1.54) is 11.1 Å². The Labute approximate surface area is 172 Å². The third-order valence-corrected chi connectivity index (χ3v) is 4.73. The minimum atomic E-state index is -0.216. The zero-order valence-electron chi connectivity index (χ0n) is 17.1. The molecule has 0 aliphatic rings.